The maximum absolute atomic E-state index is 9.27. The molecule has 0 aliphatic carbocycles. The number of hydrogen-bond donors (Lipinski definition) is 3. The van der Waals surface area contributed by atoms with Crippen LogP contribution in [0.2, 0.25) is 0 Å². The third-order valence-corrected chi connectivity index (χ3v) is 1.81. The summed E-state index contributed by atoms with van der Waals surface area (Å²) in [5.41, 5.74) is 0. The molecule has 0 heterocycles. The molecule has 0 aromatic carbocycles. The van der Waals surface area contributed by atoms with Crippen molar-refractivity contribution in [1.82, 2.24) is 0 Å². The number of rotatable bonds is 4. The summed E-state index contributed by atoms with van der Waals surface area (Å²) in [5, 5.41) is 27.3. The van der Waals surface area contributed by atoms with Crippen molar-refractivity contribution in [2.45, 2.75) is 45.5 Å². The van der Waals surface area contributed by atoms with Crippen molar-refractivity contribution in [3.8, 4) is 0 Å². The molecule has 0 saturated heterocycles. The SMILES string of the molecule is CC(C)C(O)CC(O)C(C)O. The second-order valence-corrected chi connectivity index (χ2v) is 3.36. The van der Waals surface area contributed by atoms with Crippen LogP contribution >= 0.6 is 0 Å². The summed E-state index contributed by atoms with van der Waals surface area (Å²) in [6, 6.07) is 0. The Morgan fingerprint density at radius 3 is 1.64 bits per heavy atom. The average molecular weight is 162 g/mol. The zero-order valence-corrected chi connectivity index (χ0v) is 7.36. The van der Waals surface area contributed by atoms with E-state index in [-0.39, 0.29) is 12.3 Å². The van der Waals surface area contributed by atoms with Crippen molar-refractivity contribution >= 4 is 0 Å². The molecule has 3 atom stereocenters. The van der Waals surface area contributed by atoms with Crippen LogP contribution in [0.3, 0.4) is 0 Å². The minimum Gasteiger partial charge on any atom is -0.393 e. The van der Waals surface area contributed by atoms with Gasteiger partial charge in [0.05, 0.1) is 18.3 Å². The maximum Gasteiger partial charge on any atom is 0.0821 e. The first-order valence-corrected chi connectivity index (χ1v) is 3.99. The Bertz CT molecular complexity index is 89.5. The molecule has 0 saturated carbocycles. The molecular weight excluding hydrogens is 144 g/mol. The summed E-state index contributed by atoms with van der Waals surface area (Å²) in [7, 11) is 0. The van der Waals surface area contributed by atoms with E-state index in [1.165, 1.54) is 6.92 Å². The summed E-state index contributed by atoms with van der Waals surface area (Å²) in [4.78, 5) is 0. The molecule has 0 bridgehead atoms. The van der Waals surface area contributed by atoms with Crippen LogP contribution in [0.5, 0.6) is 0 Å². The van der Waals surface area contributed by atoms with E-state index in [1.807, 2.05) is 13.8 Å². The Morgan fingerprint density at radius 2 is 1.36 bits per heavy atom. The zero-order valence-electron chi connectivity index (χ0n) is 7.36. The fraction of sp³-hybridized carbons (Fsp3) is 1.00. The summed E-state index contributed by atoms with van der Waals surface area (Å²) in [5.74, 6) is 0.128. The lowest BCUT2D eigenvalue weighted by atomic mass is 9.99. The predicted molar refractivity (Wildman–Crippen MR) is 43.1 cm³/mol. The van der Waals surface area contributed by atoms with E-state index < -0.39 is 18.3 Å². The highest BCUT2D eigenvalue weighted by molar-refractivity contribution is 4.69. The second-order valence-electron chi connectivity index (χ2n) is 3.36. The summed E-state index contributed by atoms with van der Waals surface area (Å²) >= 11 is 0. The summed E-state index contributed by atoms with van der Waals surface area (Å²) < 4.78 is 0. The lowest BCUT2D eigenvalue weighted by Crippen LogP contribution is -2.29. The molecule has 0 spiro atoms. The number of aliphatic hydroxyl groups excluding tert-OH is 3. The fourth-order valence-electron chi connectivity index (χ4n) is 0.717. The first kappa shape index (κ1) is 10.9. The van der Waals surface area contributed by atoms with Gasteiger partial charge in [-0.2, -0.15) is 0 Å². The van der Waals surface area contributed by atoms with Crippen molar-refractivity contribution in [3.63, 3.8) is 0 Å². The van der Waals surface area contributed by atoms with Gasteiger partial charge in [-0.1, -0.05) is 13.8 Å². The number of hydrogen-bond acceptors (Lipinski definition) is 3. The molecule has 0 fully saturated rings. The minimum absolute atomic E-state index is 0.128. The molecule has 0 rings (SSSR count). The first-order valence-electron chi connectivity index (χ1n) is 3.99. The molecule has 0 aliphatic rings. The quantitative estimate of drug-likeness (QED) is 0.551. The third-order valence-electron chi connectivity index (χ3n) is 1.81. The van der Waals surface area contributed by atoms with E-state index in [4.69, 9.17) is 10.2 Å². The van der Waals surface area contributed by atoms with Crippen molar-refractivity contribution in [2.24, 2.45) is 5.92 Å². The maximum atomic E-state index is 9.27. The lowest BCUT2D eigenvalue weighted by Gasteiger charge is -2.19. The summed E-state index contributed by atoms with van der Waals surface area (Å²) in [6.45, 7) is 5.26. The highest BCUT2D eigenvalue weighted by atomic mass is 16.3. The monoisotopic (exact) mass is 162 g/mol. The standard InChI is InChI=1S/C8H18O3/c1-5(2)7(10)4-8(11)6(3)9/h5-11H,4H2,1-3H3. The normalized spacial score (nSPS) is 19.9. The Labute approximate surface area is 67.7 Å². The van der Waals surface area contributed by atoms with Crippen molar-refractivity contribution in [2.75, 3.05) is 0 Å². The Balaban J connectivity index is 3.66. The van der Waals surface area contributed by atoms with Gasteiger partial charge in [0.2, 0.25) is 0 Å². The molecule has 0 aliphatic heterocycles. The van der Waals surface area contributed by atoms with Crippen LogP contribution in [0.1, 0.15) is 27.2 Å². The van der Waals surface area contributed by atoms with Gasteiger partial charge in [0.25, 0.3) is 0 Å². The topological polar surface area (TPSA) is 60.7 Å². The third kappa shape index (κ3) is 4.35. The lowest BCUT2D eigenvalue weighted by molar-refractivity contribution is -0.0132. The van der Waals surface area contributed by atoms with E-state index >= 15 is 0 Å². The zero-order chi connectivity index (χ0) is 9.02. The molecule has 68 valence electrons. The van der Waals surface area contributed by atoms with E-state index in [0.29, 0.717) is 0 Å². The fourth-order valence-corrected chi connectivity index (χ4v) is 0.717. The van der Waals surface area contributed by atoms with Gasteiger partial charge >= 0.3 is 0 Å². The first-order chi connectivity index (χ1) is 4.95. The molecule has 3 nitrogen and oxygen atoms in total. The smallest absolute Gasteiger partial charge is 0.0821 e. The van der Waals surface area contributed by atoms with Gasteiger partial charge in [-0.25, -0.2) is 0 Å². The van der Waals surface area contributed by atoms with Gasteiger partial charge in [0.15, 0.2) is 0 Å². The van der Waals surface area contributed by atoms with Crippen LogP contribution in [0.15, 0.2) is 0 Å². The Kier molecular flexibility index (Phi) is 4.65. The van der Waals surface area contributed by atoms with Crippen molar-refractivity contribution in [1.29, 1.82) is 0 Å². The Morgan fingerprint density at radius 1 is 0.909 bits per heavy atom. The van der Waals surface area contributed by atoms with Crippen LogP contribution in [0.4, 0.5) is 0 Å². The van der Waals surface area contributed by atoms with Crippen LogP contribution in [0, 0.1) is 5.92 Å². The van der Waals surface area contributed by atoms with Gasteiger partial charge in [-0.3, -0.25) is 0 Å². The van der Waals surface area contributed by atoms with Gasteiger partial charge in [0, 0.05) is 6.42 Å². The van der Waals surface area contributed by atoms with Crippen LogP contribution in [-0.2, 0) is 0 Å². The van der Waals surface area contributed by atoms with Crippen LogP contribution in [0.25, 0.3) is 0 Å². The molecular formula is C8H18O3. The van der Waals surface area contributed by atoms with E-state index in [2.05, 4.69) is 0 Å². The molecule has 3 unspecified atom stereocenters. The minimum atomic E-state index is -0.813. The average Bonchev–Trinajstić information content (AvgIpc) is 1.87. The number of aliphatic hydroxyl groups is 3. The molecule has 0 radical (unpaired) electrons. The molecule has 0 amide bonds. The molecule has 0 aromatic heterocycles. The van der Waals surface area contributed by atoms with Crippen molar-refractivity contribution < 1.29 is 15.3 Å². The Hall–Kier alpha value is -0.120. The van der Waals surface area contributed by atoms with Crippen molar-refractivity contribution in [3.05, 3.63) is 0 Å². The highest BCUT2D eigenvalue weighted by Crippen LogP contribution is 2.10. The molecule has 3 N–H and O–H groups in total. The van der Waals surface area contributed by atoms with Gasteiger partial charge in [0.1, 0.15) is 0 Å². The molecule has 0 aromatic rings. The van der Waals surface area contributed by atoms with E-state index in [0.717, 1.165) is 0 Å². The largest absolute Gasteiger partial charge is 0.393 e. The molecule has 11 heavy (non-hydrogen) atoms. The second kappa shape index (κ2) is 4.70. The van der Waals surface area contributed by atoms with E-state index in [1.54, 1.807) is 0 Å². The highest BCUT2D eigenvalue weighted by Gasteiger charge is 2.18. The van der Waals surface area contributed by atoms with Crippen LogP contribution in [-0.4, -0.2) is 33.6 Å². The van der Waals surface area contributed by atoms with Gasteiger partial charge in [-0.05, 0) is 12.8 Å². The van der Waals surface area contributed by atoms with Gasteiger partial charge in [-0.15, -0.1) is 0 Å². The van der Waals surface area contributed by atoms with E-state index in [9.17, 15) is 5.11 Å². The summed E-state index contributed by atoms with van der Waals surface area (Å²) in [6.07, 6.45) is -1.86. The molecule has 3 heteroatoms. The van der Waals surface area contributed by atoms with Crippen LogP contribution < -0.4 is 0 Å². The predicted octanol–water partition coefficient (Wildman–Crippen LogP) is 0.135. The van der Waals surface area contributed by atoms with Gasteiger partial charge < -0.3 is 15.3 Å².